The Bertz CT molecular complexity index is 337. The van der Waals surface area contributed by atoms with Crippen LogP contribution in [0.3, 0.4) is 0 Å². The van der Waals surface area contributed by atoms with Gasteiger partial charge in [0.05, 0.1) is 0 Å². The van der Waals surface area contributed by atoms with Crippen LogP contribution in [0.15, 0.2) is 23.6 Å². The van der Waals surface area contributed by atoms with Gasteiger partial charge in [0.25, 0.3) is 0 Å². The first-order valence-corrected chi connectivity index (χ1v) is 7.16. The fourth-order valence-electron chi connectivity index (χ4n) is 1.78. The molecule has 0 aliphatic carbocycles. The SMILES string of the molecule is CCCC(CCC)NC(=O)/C=C/c1cccs1. The molecular formula is C14H21NOS. The van der Waals surface area contributed by atoms with Gasteiger partial charge >= 0.3 is 0 Å². The van der Waals surface area contributed by atoms with E-state index < -0.39 is 0 Å². The third-order valence-corrected chi connectivity index (χ3v) is 3.40. The molecule has 0 atom stereocenters. The molecule has 94 valence electrons. The van der Waals surface area contributed by atoms with Crippen molar-refractivity contribution < 1.29 is 4.79 Å². The lowest BCUT2D eigenvalue weighted by molar-refractivity contribution is -0.117. The molecule has 0 bridgehead atoms. The van der Waals surface area contributed by atoms with Crippen LogP contribution in [-0.2, 0) is 4.79 Å². The monoisotopic (exact) mass is 251 g/mol. The Balaban J connectivity index is 2.41. The lowest BCUT2D eigenvalue weighted by Crippen LogP contribution is -2.33. The topological polar surface area (TPSA) is 29.1 Å². The van der Waals surface area contributed by atoms with E-state index in [-0.39, 0.29) is 5.91 Å². The Labute approximate surface area is 108 Å². The molecule has 0 unspecified atom stereocenters. The maximum Gasteiger partial charge on any atom is 0.244 e. The standard InChI is InChI=1S/C14H21NOS/c1-3-6-12(7-4-2)15-14(16)10-9-13-8-5-11-17-13/h5,8-12H,3-4,6-7H2,1-2H3,(H,15,16)/b10-9+. The Morgan fingerprint density at radius 2 is 2.12 bits per heavy atom. The number of hydrogen-bond donors (Lipinski definition) is 1. The molecule has 2 nitrogen and oxygen atoms in total. The number of amides is 1. The highest BCUT2D eigenvalue weighted by Crippen LogP contribution is 2.10. The molecule has 3 heteroatoms. The molecule has 0 saturated heterocycles. The van der Waals surface area contributed by atoms with Gasteiger partial charge in [-0.2, -0.15) is 0 Å². The summed E-state index contributed by atoms with van der Waals surface area (Å²) in [5.74, 6) is 0.0188. The quantitative estimate of drug-likeness (QED) is 0.733. The number of nitrogens with one attached hydrogen (secondary N) is 1. The van der Waals surface area contributed by atoms with Crippen LogP contribution in [0.2, 0.25) is 0 Å². The van der Waals surface area contributed by atoms with Gasteiger partial charge in [0.15, 0.2) is 0 Å². The first-order valence-electron chi connectivity index (χ1n) is 6.28. The van der Waals surface area contributed by atoms with Crippen molar-refractivity contribution in [3.8, 4) is 0 Å². The van der Waals surface area contributed by atoms with Gasteiger partial charge < -0.3 is 5.32 Å². The Hall–Kier alpha value is -1.09. The van der Waals surface area contributed by atoms with E-state index >= 15 is 0 Å². The molecule has 0 radical (unpaired) electrons. The largest absolute Gasteiger partial charge is 0.350 e. The van der Waals surface area contributed by atoms with Crippen LogP contribution < -0.4 is 5.32 Å². The summed E-state index contributed by atoms with van der Waals surface area (Å²) in [5, 5.41) is 5.07. The maximum atomic E-state index is 11.7. The zero-order valence-corrected chi connectivity index (χ0v) is 11.4. The number of thiophene rings is 1. The Morgan fingerprint density at radius 3 is 2.65 bits per heavy atom. The van der Waals surface area contributed by atoms with Gasteiger partial charge in [-0.3, -0.25) is 4.79 Å². The van der Waals surface area contributed by atoms with E-state index in [1.807, 2.05) is 23.6 Å². The normalized spacial score (nSPS) is 11.2. The smallest absolute Gasteiger partial charge is 0.244 e. The molecule has 1 aromatic heterocycles. The van der Waals surface area contributed by atoms with Crippen molar-refractivity contribution in [2.75, 3.05) is 0 Å². The second-order valence-corrected chi connectivity index (χ2v) is 5.11. The highest BCUT2D eigenvalue weighted by atomic mass is 32.1. The molecule has 0 fully saturated rings. The van der Waals surface area contributed by atoms with Gasteiger partial charge in [-0.15, -0.1) is 11.3 Å². The molecule has 0 saturated carbocycles. The van der Waals surface area contributed by atoms with Crippen LogP contribution in [0, 0.1) is 0 Å². The van der Waals surface area contributed by atoms with Gasteiger partial charge in [-0.25, -0.2) is 0 Å². The lowest BCUT2D eigenvalue weighted by Gasteiger charge is -2.15. The summed E-state index contributed by atoms with van der Waals surface area (Å²) in [6.07, 6.45) is 7.84. The zero-order chi connectivity index (χ0) is 12.5. The minimum atomic E-state index is 0.0188. The van der Waals surface area contributed by atoms with Gasteiger partial charge in [-0.05, 0) is 30.4 Å². The van der Waals surface area contributed by atoms with Crippen LogP contribution in [0.4, 0.5) is 0 Å². The van der Waals surface area contributed by atoms with E-state index in [0.717, 1.165) is 30.6 Å². The molecule has 1 aromatic rings. The fraction of sp³-hybridized carbons (Fsp3) is 0.500. The second kappa shape index (κ2) is 8.07. The van der Waals surface area contributed by atoms with Gasteiger partial charge in [0.1, 0.15) is 0 Å². The van der Waals surface area contributed by atoms with Crippen molar-refractivity contribution in [2.24, 2.45) is 0 Å². The fourth-order valence-corrected chi connectivity index (χ4v) is 2.40. The molecule has 1 rings (SSSR count). The highest BCUT2D eigenvalue weighted by Gasteiger charge is 2.07. The average molecular weight is 251 g/mol. The van der Waals surface area contributed by atoms with E-state index in [1.165, 1.54) is 0 Å². The van der Waals surface area contributed by atoms with E-state index in [4.69, 9.17) is 0 Å². The first-order chi connectivity index (χ1) is 8.26. The van der Waals surface area contributed by atoms with Gasteiger partial charge in [-0.1, -0.05) is 32.8 Å². The first kappa shape index (κ1) is 14.0. The molecule has 0 aliphatic rings. The van der Waals surface area contributed by atoms with Crippen molar-refractivity contribution in [3.05, 3.63) is 28.5 Å². The van der Waals surface area contributed by atoms with Crippen LogP contribution in [0.5, 0.6) is 0 Å². The maximum absolute atomic E-state index is 11.7. The molecule has 17 heavy (non-hydrogen) atoms. The van der Waals surface area contributed by atoms with Crippen molar-refractivity contribution >= 4 is 23.3 Å². The minimum absolute atomic E-state index is 0.0188. The van der Waals surface area contributed by atoms with Gasteiger partial charge in [0.2, 0.25) is 5.91 Å². The summed E-state index contributed by atoms with van der Waals surface area (Å²) < 4.78 is 0. The third-order valence-electron chi connectivity index (χ3n) is 2.56. The van der Waals surface area contributed by atoms with E-state index in [9.17, 15) is 4.79 Å². The molecule has 0 spiro atoms. The van der Waals surface area contributed by atoms with E-state index in [0.29, 0.717) is 6.04 Å². The molecule has 0 aliphatic heterocycles. The van der Waals surface area contributed by atoms with Crippen molar-refractivity contribution in [1.29, 1.82) is 0 Å². The number of carbonyl (C=O) groups excluding carboxylic acids is 1. The number of hydrogen-bond acceptors (Lipinski definition) is 2. The number of carbonyl (C=O) groups is 1. The van der Waals surface area contributed by atoms with Crippen molar-refractivity contribution in [3.63, 3.8) is 0 Å². The number of rotatable bonds is 7. The predicted octanol–water partition coefficient (Wildman–Crippen LogP) is 3.85. The van der Waals surface area contributed by atoms with Crippen molar-refractivity contribution in [2.45, 2.75) is 45.6 Å². The molecule has 0 aromatic carbocycles. The van der Waals surface area contributed by atoms with E-state index in [1.54, 1.807) is 17.4 Å². The molecule has 1 N–H and O–H groups in total. The van der Waals surface area contributed by atoms with Gasteiger partial charge in [0, 0.05) is 17.0 Å². The summed E-state index contributed by atoms with van der Waals surface area (Å²) in [5.41, 5.74) is 0. The Morgan fingerprint density at radius 1 is 1.41 bits per heavy atom. The van der Waals surface area contributed by atoms with Crippen LogP contribution in [-0.4, -0.2) is 11.9 Å². The van der Waals surface area contributed by atoms with E-state index in [2.05, 4.69) is 19.2 Å². The lowest BCUT2D eigenvalue weighted by atomic mass is 10.1. The van der Waals surface area contributed by atoms with Crippen LogP contribution >= 0.6 is 11.3 Å². The third kappa shape index (κ3) is 5.68. The average Bonchev–Trinajstić information content (AvgIpc) is 2.80. The molecule has 1 heterocycles. The summed E-state index contributed by atoms with van der Waals surface area (Å²) in [6.45, 7) is 4.30. The highest BCUT2D eigenvalue weighted by molar-refractivity contribution is 7.10. The summed E-state index contributed by atoms with van der Waals surface area (Å²) in [6, 6.07) is 4.31. The van der Waals surface area contributed by atoms with Crippen molar-refractivity contribution in [1.82, 2.24) is 5.32 Å². The summed E-state index contributed by atoms with van der Waals surface area (Å²) in [7, 11) is 0. The summed E-state index contributed by atoms with van der Waals surface area (Å²) >= 11 is 1.64. The second-order valence-electron chi connectivity index (χ2n) is 4.13. The van der Waals surface area contributed by atoms with Crippen LogP contribution in [0.1, 0.15) is 44.4 Å². The Kier molecular flexibility index (Phi) is 6.63. The molecular weight excluding hydrogens is 230 g/mol. The predicted molar refractivity (Wildman–Crippen MR) is 75.1 cm³/mol. The zero-order valence-electron chi connectivity index (χ0n) is 10.6. The summed E-state index contributed by atoms with van der Waals surface area (Å²) in [4.78, 5) is 12.8. The van der Waals surface area contributed by atoms with Crippen LogP contribution in [0.25, 0.3) is 6.08 Å². The molecule has 1 amide bonds. The minimum Gasteiger partial charge on any atom is -0.350 e.